The lowest BCUT2D eigenvalue weighted by molar-refractivity contribution is 0.617. The van der Waals surface area contributed by atoms with Crippen LogP contribution in [0.3, 0.4) is 0 Å². The number of rotatable bonds is 1. The van der Waals surface area contributed by atoms with Crippen molar-refractivity contribution < 1.29 is 4.39 Å². The molecule has 6 N–H and O–H groups in total. The zero-order valence-corrected chi connectivity index (χ0v) is 14.1. The molecule has 0 radical (unpaired) electrons. The molecule has 1 atom stereocenters. The third-order valence-electron chi connectivity index (χ3n) is 3.62. The van der Waals surface area contributed by atoms with E-state index in [0.29, 0.717) is 15.6 Å². The molecule has 10 heteroatoms. The Bertz CT molecular complexity index is 988. The average molecular weight is 401 g/mol. The van der Waals surface area contributed by atoms with E-state index in [4.69, 9.17) is 16.7 Å². The second-order valence-corrected chi connectivity index (χ2v) is 5.93. The molecule has 0 saturated carbocycles. The van der Waals surface area contributed by atoms with Crippen LogP contribution < -0.4 is 22.1 Å². The summed E-state index contributed by atoms with van der Waals surface area (Å²) in [6, 6.07) is 5.61. The van der Waals surface area contributed by atoms with Gasteiger partial charge in [-0.15, -0.1) is 0 Å². The van der Waals surface area contributed by atoms with E-state index in [2.05, 4.69) is 36.5 Å². The van der Waals surface area contributed by atoms with Crippen molar-refractivity contribution in [3.63, 3.8) is 0 Å². The summed E-state index contributed by atoms with van der Waals surface area (Å²) in [6.07, 6.45) is 1.75. The van der Waals surface area contributed by atoms with Crippen LogP contribution in [0.1, 0.15) is 22.7 Å². The van der Waals surface area contributed by atoms with Gasteiger partial charge in [0.15, 0.2) is 6.19 Å². The van der Waals surface area contributed by atoms with Crippen LogP contribution in [0.5, 0.6) is 0 Å². The van der Waals surface area contributed by atoms with E-state index in [-0.39, 0.29) is 28.8 Å². The fourth-order valence-electron chi connectivity index (χ4n) is 2.50. The van der Waals surface area contributed by atoms with Gasteiger partial charge in [-0.05, 0) is 33.6 Å². The Kier molecular flexibility index (Phi) is 4.13. The van der Waals surface area contributed by atoms with E-state index in [1.54, 1.807) is 12.3 Å². The highest BCUT2D eigenvalue weighted by Crippen LogP contribution is 2.40. The van der Waals surface area contributed by atoms with Crippen LogP contribution in [0.4, 0.5) is 21.7 Å². The standard InChI is InChI=1S/C15H10BrFN8/c16-8-2-1-6(3-9(8)17)12-10-11(20)7(4-18)13(21)24-14(10)25-15(23-12)22-5-19/h1-3,12H,(H6,20,21,22,23,24,25). The Morgan fingerprint density at radius 3 is 2.72 bits per heavy atom. The van der Waals surface area contributed by atoms with Crippen LogP contribution in [0, 0.1) is 28.6 Å². The number of nitrogen functional groups attached to an aromatic ring is 2. The molecule has 1 aromatic carbocycles. The molecule has 3 rings (SSSR count). The van der Waals surface area contributed by atoms with E-state index < -0.39 is 11.9 Å². The minimum atomic E-state index is -0.769. The zero-order valence-electron chi connectivity index (χ0n) is 12.5. The van der Waals surface area contributed by atoms with Gasteiger partial charge in [0.2, 0.25) is 5.96 Å². The molecule has 0 aliphatic carbocycles. The number of halogens is 2. The Morgan fingerprint density at radius 2 is 2.08 bits per heavy atom. The fourth-order valence-corrected chi connectivity index (χ4v) is 2.75. The third kappa shape index (κ3) is 2.79. The topological polar surface area (TPSA) is 149 Å². The molecule has 1 aliphatic rings. The smallest absolute Gasteiger partial charge is 0.211 e. The average Bonchev–Trinajstić information content (AvgIpc) is 2.57. The Morgan fingerprint density at radius 1 is 1.32 bits per heavy atom. The Hall–Kier alpha value is -3.37. The molecular weight excluding hydrogens is 391 g/mol. The first-order chi connectivity index (χ1) is 12.0. The largest absolute Gasteiger partial charge is 0.397 e. The molecule has 25 heavy (non-hydrogen) atoms. The number of aromatic nitrogens is 1. The zero-order chi connectivity index (χ0) is 18.1. The van der Waals surface area contributed by atoms with Crippen molar-refractivity contribution in [3.05, 3.63) is 45.2 Å². The highest BCUT2D eigenvalue weighted by molar-refractivity contribution is 9.10. The number of anilines is 3. The molecule has 8 nitrogen and oxygen atoms in total. The third-order valence-corrected chi connectivity index (χ3v) is 4.26. The van der Waals surface area contributed by atoms with Crippen molar-refractivity contribution in [2.75, 3.05) is 16.8 Å². The Balaban J connectivity index is 2.25. The number of fused-ring (bicyclic) bond motifs is 1. The van der Waals surface area contributed by atoms with E-state index >= 15 is 0 Å². The summed E-state index contributed by atoms with van der Waals surface area (Å²) in [7, 11) is 0. The number of nitriles is 2. The van der Waals surface area contributed by atoms with Gasteiger partial charge in [-0.3, -0.25) is 5.32 Å². The van der Waals surface area contributed by atoms with Gasteiger partial charge in [-0.2, -0.15) is 10.5 Å². The minimum absolute atomic E-state index is 0.0232. The van der Waals surface area contributed by atoms with E-state index in [1.165, 1.54) is 12.1 Å². The number of nitrogens with two attached hydrogens (primary N) is 2. The monoisotopic (exact) mass is 400 g/mol. The highest BCUT2D eigenvalue weighted by Gasteiger charge is 2.29. The molecule has 0 saturated heterocycles. The van der Waals surface area contributed by atoms with E-state index in [0.717, 1.165) is 0 Å². The van der Waals surface area contributed by atoms with Crippen molar-refractivity contribution in [2.24, 2.45) is 4.99 Å². The van der Waals surface area contributed by atoms with E-state index in [1.807, 2.05) is 6.07 Å². The number of hydrogen-bond acceptors (Lipinski definition) is 8. The van der Waals surface area contributed by atoms with Crippen LogP contribution in [-0.4, -0.2) is 10.9 Å². The quantitative estimate of drug-likeness (QED) is 0.422. The van der Waals surface area contributed by atoms with Crippen molar-refractivity contribution in [1.82, 2.24) is 10.3 Å². The van der Waals surface area contributed by atoms with Crippen LogP contribution in [0.2, 0.25) is 0 Å². The van der Waals surface area contributed by atoms with Gasteiger partial charge in [-0.25, -0.2) is 14.4 Å². The summed E-state index contributed by atoms with van der Waals surface area (Å²) in [4.78, 5) is 8.46. The number of pyridine rings is 1. The number of aliphatic imine (C=N–C) groups is 1. The second kappa shape index (κ2) is 6.26. The molecule has 0 bridgehead atoms. The van der Waals surface area contributed by atoms with Gasteiger partial charge in [0.05, 0.1) is 10.2 Å². The first-order valence-electron chi connectivity index (χ1n) is 6.90. The van der Waals surface area contributed by atoms with Crippen molar-refractivity contribution >= 4 is 39.2 Å². The maximum atomic E-state index is 14.0. The molecule has 0 amide bonds. The predicted octanol–water partition coefficient (Wildman–Crippen LogP) is 1.96. The first-order valence-corrected chi connectivity index (χ1v) is 7.69. The number of nitrogens with zero attached hydrogens (tertiary/aromatic N) is 4. The van der Waals surface area contributed by atoms with Gasteiger partial charge in [0, 0.05) is 5.56 Å². The molecule has 0 spiro atoms. The normalized spacial score (nSPS) is 15.2. The number of nitrogens with one attached hydrogen (secondary N) is 2. The summed E-state index contributed by atoms with van der Waals surface area (Å²) >= 11 is 3.09. The van der Waals surface area contributed by atoms with Crippen LogP contribution >= 0.6 is 15.9 Å². The predicted molar refractivity (Wildman–Crippen MR) is 93.5 cm³/mol. The van der Waals surface area contributed by atoms with Crippen LogP contribution in [0.25, 0.3) is 0 Å². The summed E-state index contributed by atoms with van der Waals surface area (Å²) < 4.78 is 14.3. The number of guanidine groups is 1. The van der Waals surface area contributed by atoms with Gasteiger partial charge in [0.1, 0.15) is 35.1 Å². The van der Waals surface area contributed by atoms with Crippen molar-refractivity contribution in [3.8, 4) is 12.3 Å². The Labute approximate surface area is 150 Å². The molecule has 2 heterocycles. The van der Waals surface area contributed by atoms with Gasteiger partial charge in [0.25, 0.3) is 0 Å². The summed E-state index contributed by atoms with van der Waals surface area (Å²) in [5.74, 6) is -0.176. The van der Waals surface area contributed by atoms with Gasteiger partial charge >= 0.3 is 0 Å². The number of benzene rings is 1. The lowest BCUT2D eigenvalue weighted by Gasteiger charge is -2.26. The summed E-state index contributed by atoms with van der Waals surface area (Å²) in [5.41, 5.74) is 12.8. The summed E-state index contributed by atoms with van der Waals surface area (Å²) in [5, 5.41) is 23.2. The number of hydrogen-bond donors (Lipinski definition) is 4. The molecular formula is C15H10BrFN8. The second-order valence-electron chi connectivity index (χ2n) is 5.08. The van der Waals surface area contributed by atoms with Gasteiger partial charge in [-0.1, -0.05) is 6.07 Å². The fraction of sp³-hybridized carbons (Fsp3) is 0.0667. The van der Waals surface area contributed by atoms with Crippen LogP contribution in [0.15, 0.2) is 27.7 Å². The summed E-state index contributed by atoms with van der Waals surface area (Å²) in [6.45, 7) is 0. The first kappa shape index (κ1) is 16.5. The molecule has 124 valence electrons. The molecule has 1 unspecified atom stereocenters. The molecule has 1 aliphatic heterocycles. The van der Waals surface area contributed by atoms with Crippen molar-refractivity contribution in [1.29, 1.82) is 10.5 Å². The van der Waals surface area contributed by atoms with Crippen LogP contribution in [-0.2, 0) is 0 Å². The lowest BCUT2D eigenvalue weighted by Crippen LogP contribution is -2.32. The molecule has 0 fully saturated rings. The van der Waals surface area contributed by atoms with Gasteiger partial charge < -0.3 is 16.8 Å². The molecule has 1 aromatic heterocycles. The van der Waals surface area contributed by atoms with Crippen molar-refractivity contribution in [2.45, 2.75) is 6.04 Å². The highest BCUT2D eigenvalue weighted by atomic mass is 79.9. The molecule has 2 aromatic rings. The minimum Gasteiger partial charge on any atom is -0.397 e. The van der Waals surface area contributed by atoms with E-state index in [9.17, 15) is 9.65 Å². The SMILES string of the molecule is N#CNC1=NC(c2ccc(Br)c(F)c2)c2c(nc(N)c(C#N)c2N)N1. The lowest BCUT2D eigenvalue weighted by atomic mass is 9.95. The maximum Gasteiger partial charge on any atom is 0.211 e. The maximum absolute atomic E-state index is 14.0.